The van der Waals surface area contributed by atoms with Gasteiger partial charge in [0.05, 0.1) is 0 Å². The lowest BCUT2D eigenvalue weighted by Crippen LogP contribution is -2.36. The lowest BCUT2D eigenvalue weighted by Gasteiger charge is -2.21. The zero-order valence-corrected chi connectivity index (χ0v) is 8.90. The highest BCUT2D eigenvalue weighted by atomic mass is 35.5. The first-order valence-corrected chi connectivity index (χ1v) is 5.00. The first kappa shape index (κ1) is 11.8. The summed E-state index contributed by atoms with van der Waals surface area (Å²) in [6.45, 7) is 7.41. The number of carbonyl (C=O) groups excluding carboxylic acids is 1. The Morgan fingerprint density at radius 3 is 2.42 bits per heavy atom. The molecule has 0 spiro atoms. The number of unbranched alkanes of at least 4 members (excludes halogenated alkanes) is 1. The molecular weight excluding hydrogens is 174 g/mol. The molecule has 72 valence electrons. The summed E-state index contributed by atoms with van der Waals surface area (Å²) in [5.74, 6) is 0.0487. The molecule has 0 N–H and O–H groups in total. The van der Waals surface area contributed by atoms with E-state index in [1.165, 1.54) is 0 Å². The van der Waals surface area contributed by atoms with Crippen LogP contribution in [0.25, 0.3) is 0 Å². The Morgan fingerprint density at radius 1 is 1.50 bits per heavy atom. The Balaban J connectivity index is 3.88. The fourth-order valence-corrected chi connectivity index (χ4v) is 1.16. The van der Waals surface area contributed by atoms with E-state index in [4.69, 9.17) is 11.6 Å². The van der Waals surface area contributed by atoms with Crippen LogP contribution in [-0.2, 0) is 4.79 Å². The molecule has 0 saturated heterocycles. The minimum absolute atomic E-state index is 0.0487. The van der Waals surface area contributed by atoms with Crippen LogP contribution in [-0.4, -0.2) is 29.3 Å². The summed E-state index contributed by atoms with van der Waals surface area (Å²) in [5.41, 5.74) is 0. The lowest BCUT2D eigenvalue weighted by molar-refractivity contribution is -0.130. The molecule has 0 aliphatic rings. The van der Waals surface area contributed by atoms with Gasteiger partial charge in [-0.25, -0.2) is 0 Å². The highest BCUT2D eigenvalue weighted by Crippen LogP contribution is 2.03. The third-order valence-corrected chi connectivity index (χ3v) is 2.00. The van der Waals surface area contributed by atoms with Gasteiger partial charge >= 0.3 is 0 Å². The molecule has 0 rings (SSSR count). The molecule has 0 aromatic carbocycles. The molecule has 2 nitrogen and oxygen atoms in total. The summed E-state index contributed by atoms with van der Waals surface area (Å²) in [7, 11) is 0. The van der Waals surface area contributed by atoms with E-state index in [-0.39, 0.29) is 11.3 Å². The van der Waals surface area contributed by atoms with E-state index < -0.39 is 0 Å². The second kappa shape index (κ2) is 6.30. The molecule has 0 heterocycles. The molecular formula is C9H18ClNO. The van der Waals surface area contributed by atoms with Gasteiger partial charge in [0.15, 0.2) is 0 Å². The summed E-state index contributed by atoms with van der Waals surface area (Å²) >= 11 is 5.69. The number of rotatable bonds is 5. The van der Waals surface area contributed by atoms with Crippen molar-refractivity contribution in [3.8, 4) is 0 Å². The van der Waals surface area contributed by atoms with Gasteiger partial charge < -0.3 is 4.90 Å². The summed E-state index contributed by atoms with van der Waals surface area (Å²) in [6, 6.07) is 0. The first-order chi connectivity index (χ1) is 5.63. The maximum absolute atomic E-state index is 11.4. The minimum atomic E-state index is -0.387. The topological polar surface area (TPSA) is 20.3 Å². The normalized spacial score (nSPS) is 12.7. The van der Waals surface area contributed by atoms with Gasteiger partial charge in [-0.1, -0.05) is 13.3 Å². The van der Waals surface area contributed by atoms with Crippen LogP contribution in [0.4, 0.5) is 0 Å². The largest absolute Gasteiger partial charge is 0.342 e. The van der Waals surface area contributed by atoms with Crippen molar-refractivity contribution in [1.29, 1.82) is 0 Å². The van der Waals surface area contributed by atoms with E-state index >= 15 is 0 Å². The average Bonchev–Trinajstić information content (AvgIpc) is 2.05. The fraction of sp³-hybridized carbons (Fsp3) is 0.889. The SMILES string of the molecule is CCCCN(CC)C(=O)[C@H](C)Cl. The molecule has 12 heavy (non-hydrogen) atoms. The van der Waals surface area contributed by atoms with Crippen LogP contribution < -0.4 is 0 Å². The van der Waals surface area contributed by atoms with Crippen molar-refractivity contribution in [3.63, 3.8) is 0 Å². The number of carbonyl (C=O) groups is 1. The first-order valence-electron chi connectivity index (χ1n) is 4.56. The lowest BCUT2D eigenvalue weighted by atomic mass is 10.3. The van der Waals surface area contributed by atoms with E-state index in [1.807, 2.05) is 6.92 Å². The van der Waals surface area contributed by atoms with E-state index in [0.29, 0.717) is 0 Å². The number of alkyl halides is 1. The molecule has 0 aliphatic heterocycles. The predicted octanol–water partition coefficient (Wildman–Crippen LogP) is 2.26. The predicted molar refractivity (Wildman–Crippen MR) is 52.5 cm³/mol. The summed E-state index contributed by atoms with van der Waals surface area (Å²) < 4.78 is 0. The van der Waals surface area contributed by atoms with Crippen molar-refractivity contribution >= 4 is 17.5 Å². The van der Waals surface area contributed by atoms with Crippen molar-refractivity contribution in [2.45, 2.75) is 39.0 Å². The van der Waals surface area contributed by atoms with E-state index in [1.54, 1.807) is 11.8 Å². The van der Waals surface area contributed by atoms with Gasteiger partial charge in [-0.2, -0.15) is 0 Å². The van der Waals surface area contributed by atoms with Crippen molar-refractivity contribution in [3.05, 3.63) is 0 Å². The van der Waals surface area contributed by atoms with Crippen LogP contribution in [0.2, 0.25) is 0 Å². The smallest absolute Gasteiger partial charge is 0.240 e. The van der Waals surface area contributed by atoms with Crippen LogP contribution in [0.1, 0.15) is 33.6 Å². The second-order valence-electron chi connectivity index (χ2n) is 2.89. The monoisotopic (exact) mass is 191 g/mol. The Hall–Kier alpha value is -0.240. The Morgan fingerprint density at radius 2 is 2.08 bits per heavy atom. The van der Waals surface area contributed by atoms with E-state index in [2.05, 4.69) is 6.92 Å². The molecule has 0 aliphatic carbocycles. The quantitative estimate of drug-likeness (QED) is 0.611. The van der Waals surface area contributed by atoms with Crippen LogP contribution >= 0.6 is 11.6 Å². The fourth-order valence-electron chi connectivity index (χ4n) is 1.02. The zero-order chi connectivity index (χ0) is 9.56. The van der Waals surface area contributed by atoms with Crippen LogP contribution in [0, 0.1) is 0 Å². The Kier molecular flexibility index (Phi) is 6.17. The molecule has 0 radical (unpaired) electrons. The number of amides is 1. The third-order valence-electron chi connectivity index (χ3n) is 1.82. The van der Waals surface area contributed by atoms with E-state index in [9.17, 15) is 4.79 Å². The molecule has 0 saturated carbocycles. The summed E-state index contributed by atoms with van der Waals surface area (Å²) in [4.78, 5) is 13.2. The van der Waals surface area contributed by atoms with Crippen molar-refractivity contribution < 1.29 is 4.79 Å². The molecule has 0 unspecified atom stereocenters. The van der Waals surface area contributed by atoms with Crippen LogP contribution in [0.3, 0.4) is 0 Å². The molecule has 0 aromatic heterocycles. The average molecular weight is 192 g/mol. The number of hydrogen-bond acceptors (Lipinski definition) is 1. The van der Waals surface area contributed by atoms with Crippen LogP contribution in [0.15, 0.2) is 0 Å². The van der Waals surface area contributed by atoms with Crippen molar-refractivity contribution in [2.75, 3.05) is 13.1 Å². The number of nitrogens with zero attached hydrogens (tertiary/aromatic N) is 1. The molecule has 0 aromatic rings. The summed E-state index contributed by atoms with van der Waals surface area (Å²) in [5, 5.41) is -0.387. The Bertz CT molecular complexity index is 136. The van der Waals surface area contributed by atoms with Gasteiger partial charge in [-0.15, -0.1) is 11.6 Å². The molecule has 1 amide bonds. The highest BCUT2D eigenvalue weighted by molar-refractivity contribution is 6.30. The zero-order valence-electron chi connectivity index (χ0n) is 8.14. The maximum Gasteiger partial charge on any atom is 0.240 e. The summed E-state index contributed by atoms with van der Waals surface area (Å²) in [6.07, 6.45) is 2.17. The third kappa shape index (κ3) is 3.96. The Labute approximate surface area is 79.9 Å². The van der Waals surface area contributed by atoms with E-state index in [0.717, 1.165) is 25.9 Å². The van der Waals surface area contributed by atoms with Gasteiger partial charge in [-0.05, 0) is 20.3 Å². The second-order valence-corrected chi connectivity index (χ2v) is 3.54. The molecule has 0 bridgehead atoms. The standard InChI is InChI=1S/C9H18ClNO/c1-4-6-7-11(5-2)9(12)8(3)10/h8H,4-7H2,1-3H3/t8-/m0/s1. The van der Waals surface area contributed by atoms with Crippen molar-refractivity contribution in [2.24, 2.45) is 0 Å². The van der Waals surface area contributed by atoms with Gasteiger partial charge in [0, 0.05) is 13.1 Å². The molecule has 3 heteroatoms. The van der Waals surface area contributed by atoms with Gasteiger partial charge in [-0.3, -0.25) is 4.79 Å². The van der Waals surface area contributed by atoms with Gasteiger partial charge in [0.25, 0.3) is 0 Å². The van der Waals surface area contributed by atoms with Gasteiger partial charge in [0.1, 0.15) is 5.38 Å². The van der Waals surface area contributed by atoms with Crippen molar-refractivity contribution in [1.82, 2.24) is 4.90 Å². The highest BCUT2D eigenvalue weighted by Gasteiger charge is 2.15. The molecule has 0 fully saturated rings. The maximum atomic E-state index is 11.4. The minimum Gasteiger partial charge on any atom is -0.342 e. The number of halogens is 1. The van der Waals surface area contributed by atoms with Gasteiger partial charge in [0.2, 0.25) is 5.91 Å². The molecule has 1 atom stereocenters. The number of hydrogen-bond donors (Lipinski definition) is 0. The van der Waals surface area contributed by atoms with Crippen LogP contribution in [0.5, 0.6) is 0 Å².